The first-order chi connectivity index (χ1) is 8.72. The Labute approximate surface area is 111 Å². The van der Waals surface area contributed by atoms with Gasteiger partial charge in [0.05, 0.1) is 0 Å². The van der Waals surface area contributed by atoms with Crippen LogP contribution in [0.5, 0.6) is 0 Å². The van der Waals surface area contributed by atoms with E-state index in [1.165, 1.54) is 12.0 Å². The van der Waals surface area contributed by atoms with Gasteiger partial charge in [0.15, 0.2) is 0 Å². The molecule has 1 unspecified atom stereocenters. The Morgan fingerprint density at radius 2 is 1.78 bits per heavy atom. The van der Waals surface area contributed by atoms with E-state index in [1.54, 1.807) is 6.33 Å². The number of nitrogens with one attached hydrogen (secondary N) is 2. The number of anilines is 2. The summed E-state index contributed by atoms with van der Waals surface area (Å²) in [7, 11) is 0. The Bertz CT molecular complexity index is 352. The molecule has 1 atom stereocenters. The molecule has 1 heterocycles. The average Bonchev–Trinajstić information content (AvgIpc) is 2.39. The second kappa shape index (κ2) is 7.90. The van der Waals surface area contributed by atoms with Gasteiger partial charge in [0.25, 0.3) is 0 Å². The number of aromatic nitrogens is 2. The summed E-state index contributed by atoms with van der Waals surface area (Å²) in [6.07, 6.45) is 4.92. The maximum atomic E-state index is 4.38. The lowest BCUT2D eigenvalue weighted by molar-refractivity contribution is 0.592. The van der Waals surface area contributed by atoms with E-state index in [4.69, 9.17) is 0 Å². The van der Waals surface area contributed by atoms with E-state index in [2.05, 4.69) is 48.3 Å². The van der Waals surface area contributed by atoms with Gasteiger partial charge < -0.3 is 10.6 Å². The molecule has 0 aliphatic carbocycles. The zero-order chi connectivity index (χ0) is 13.4. The average molecular weight is 250 g/mol. The Hall–Kier alpha value is -1.32. The highest BCUT2D eigenvalue weighted by Gasteiger charge is 2.10. The third-order valence-electron chi connectivity index (χ3n) is 3.10. The van der Waals surface area contributed by atoms with Gasteiger partial charge in [0.1, 0.15) is 18.0 Å². The molecule has 0 fully saturated rings. The van der Waals surface area contributed by atoms with Crippen LogP contribution >= 0.6 is 0 Å². The highest BCUT2D eigenvalue weighted by Crippen LogP contribution is 2.21. The first-order valence-electron chi connectivity index (χ1n) is 7.04. The first-order valence-corrected chi connectivity index (χ1v) is 7.04. The van der Waals surface area contributed by atoms with Crippen molar-refractivity contribution in [2.75, 3.05) is 23.7 Å². The predicted octanol–water partition coefficient (Wildman–Crippen LogP) is 3.32. The maximum Gasteiger partial charge on any atom is 0.134 e. The zero-order valence-electron chi connectivity index (χ0n) is 12.1. The fourth-order valence-electron chi connectivity index (χ4n) is 1.79. The van der Waals surface area contributed by atoms with E-state index in [9.17, 15) is 0 Å². The molecule has 0 saturated carbocycles. The molecule has 0 bridgehead atoms. The van der Waals surface area contributed by atoms with Crippen molar-refractivity contribution in [3.8, 4) is 0 Å². The van der Waals surface area contributed by atoms with E-state index in [1.807, 2.05) is 0 Å². The van der Waals surface area contributed by atoms with Crippen molar-refractivity contribution in [2.24, 2.45) is 5.92 Å². The maximum absolute atomic E-state index is 4.38. The lowest BCUT2D eigenvalue weighted by atomic mass is 10.1. The SMILES string of the molecule is CCCc1c(NCC)ncnc1NCC(C)CC. The van der Waals surface area contributed by atoms with Crippen molar-refractivity contribution in [1.82, 2.24) is 9.97 Å². The number of nitrogens with zero attached hydrogens (tertiary/aromatic N) is 2. The van der Waals surface area contributed by atoms with E-state index in [-0.39, 0.29) is 0 Å². The van der Waals surface area contributed by atoms with Crippen LogP contribution in [0.15, 0.2) is 6.33 Å². The Kier molecular flexibility index (Phi) is 6.47. The Balaban J connectivity index is 2.84. The summed E-state index contributed by atoms with van der Waals surface area (Å²) in [5.41, 5.74) is 1.21. The van der Waals surface area contributed by atoms with Crippen molar-refractivity contribution < 1.29 is 0 Å². The second-order valence-corrected chi connectivity index (χ2v) is 4.72. The van der Waals surface area contributed by atoms with Gasteiger partial charge in [-0.1, -0.05) is 33.6 Å². The molecule has 2 N–H and O–H groups in total. The van der Waals surface area contributed by atoms with Gasteiger partial charge in [-0.15, -0.1) is 0 Å². The van der Waals surface area contributed by atoms with E-state index in [0.717, 1.165) is 37.6 Å². The van der Waals surface area contributed by atoms with Gasteiger partial charge in [-0.3, -0.25) is 0 Å². The Morgan fingerprint density at radius 3 is 2.33 bits per heavy atom. The van der Waals surface area contributed by atoms with Crippen molar-refractivity contribution in [1.29, 1.82) is 0 Å². The summed E-state index contributed by atoms with van der Waals surface area (Å²) in [4.78, 5) is 8.72. The van der Waals surface area contributed by atoms with Crippen LogP contribution in [0.4, 0.5) is 11.6 Å². The standard InChI is InChI=1S/C14H26N4/c1-5-8-12-13(15-7-3)17-10-18-14(12)16-9-11(4)6-2/h10-11H,5-9H2,1-4H3,(H2,15,16,17,18). The number of hydrogen-bond acceptors (Lipinski definition) is 4. The summed E-state index contributed by atoms with van der Waals surface area (Å²) in [6.45, 7) is 10.6. The van der Waals surface area contributed by atoms with Gasteiger partial charge in [-0.05, 0) is 19.3 Å². The van der Waals surface area contributed by atoms with E-state index < -0.39 is 0 Å². The second-order valence-electron chi connectivity index (χ2n) is 4.72. The lowest BCUT2D eigenvalue weighted by Crippen LogP contribution is -2.15. The molecule has 0 aliphatic rings. The van der Waals surface area contributed by atoms with Gasteiger partial charge in [-0.2, -0.15) is 0 Å². The molecule has 0 aliphatic heterocycles. The molecule has 1 aromatic rings. The summed E-state index contributed by atoms with van der Waals surface area (Å²) in [6, 6.07) is 0. The molecule has 1 rings (SSSR count). The van der Waals surface area contributed by atoms with Crippen molar-refractivity contribution in [2.45, 2.75) is 47.0 Å². The van der Waals surface area contributed by atoms with Crippen molar-refractivity contribution >= 4 is 11.6 Å². The fraction of sp³-hybridized carbons (Fsp3) is 0.714. The van der Waals surface area contributed by atoms with Crippen molar-refractivity contribution in [3.63, 3.8) is 0 Å². The minimum absolute atomic E-state index is 0.664. The van der Waals surface area contributed by atoms with Gasteiger partial charge in [-0.25, -0.2) is 9.97 Å². The molecule has 4 heteroatoms. The molecule has 1 aromatic heterocycles. The van der Waals surface area contributed by atoms with Crippen LogP contribution < -0.4 is 10.6 Å². The fourth-order valence-corrected chi connectivity index (χ4v) is 1.79. The molecule has 0 saturated heterocycles. The highest BCUT2D eigenvalue weighted by atomic mass is 15.1. The monoisotopic (exact) mass is 250 g/mol. The van der Waals surface area contributed by atoms with Crippen LogP contribution in [0.1, 0.15) is 46.1 Å². The molecular weight excluding hydrogens is 224 g/mol. The van der Waals surface area contributed by atoms with Crippen LogP contribution in [0.3, 0.4) is 0 Å². The molecule has 0 amide bonds. The normalized spacial score (nSPS) is 12.2. The molecule has 0 radical (unpaired) electrons. The van der Waals surface area contributed by atoms with Crippen LogP contribution in [-0.2, 0) is 6.42 Å². The van der Waals surface area contributed by atoms with Gasteiger partial charge in [0, 0.05) is 18.7 Å². The largest absolute Gasteiger partial charge is 0.370 e. The van der Waals surface area contributed by atoms with Crippen LogP contribution in [-0.4, -0.2) is 23.1 Å². The minimum atomic E-state index is 0.664. The highest BCUT2D eigenvalue weighted by molar-refractivity contribution is 5.57. The first kappa shape index (κ1) is 14.7. The zero-order valence-corrected chi connectivity index (χ0v) is 12.1. The summed E-state index contributed by atoms with van der Waals surface area (Å²) >= 11 is 0. The van der Waals surface area contributed by atoms with Gasteiger partial charge >= 0.3 is 0 Å². The lowest BCUT2D eigenvalue weighted by Gasteiger charge is -2.16. The quantitative estimate of drug-likeness (QED) is 0.743. The van der Waals surface area contributed by atoms with Crippen molar-refractivity contribution in [3.05, 3.63) is 11.9 Å². The minimum Gasteiger partial charge on any atom is -0.370 e. The molecule has 18 heavy (non-hydrogen) atoms. The van der Waals surface area contributed by atoms with E-state index >= 15 is 0 Å². The molecule has 0 aromatic carbocycles. The smallest absolute Gasteiger partial charge is 0.134 e. The summed E-state index contributed by atoms with van der Waals surface area (Å²) in [5, 5.41) is 6.77. The van der Waals surface area contributed by atoms with Crippen LogP contribution in [0.2, 0.25) is 0 Å². The molecule has 102 valence electrons. The summed E-state index contributed by atoms with van der Waals surface area (Å²) < 4.78 is 0. The van der Waals surface area contributed by atoms with Gasteiger partial charge in [0.2, 0.25) is 0 Å². The van der Waals surface area contributed by atoms with Crippen LogP contribution in [0.25, 0.3) is 0 Å². The predicted molar refractivity (Wildman–Crippen MR) is 78.1 cm³/mol. The third kappa shape index (κ3) is 4.17. The molecule has 0 spiro atoms. The summed E-state index contributed by atoms with van der Waals surface area (Å²) in [5.74, 6) is 2.63. The number of hydrogen-bond donors (Lipinski definition) is 2. The van der Waals surface area contributed by atoms with E-state index in [0.29, 0.717) is 5.92 Å². The Morgan fingerprint density at radius 1 is 1.11 bits per heavy atom. The number of rotatable bonds is 8. The molecule has 4 nitrogen and oxygen atoms in total. The molecular formula is C14H26N4. The van der Waals surface area contributed by atoms with Crippen LogP contribution in [0, 0.1) is 5.92 Å². The topological polar surface area (TPSA) is 49.8 Å². The third-order valence-corrected chi connectivity index (χ3v) is 3.10.